The first-order chi connectivity index (χ1) is 8.70. The maximum atomic E-state index is 3.85. The fraction of sp³-hybridized carbons (Fsp3) is 1.00. The summed E-state index contributed by atoms with van der Waals surface area (Å²) in [6.07, 6.45) is 11.8. The first-order valence-electron chi connectivity index (χ1n) is 8.44. The number of hydrogen-bond acceptors (Lipinski definition) is 1. The minimum absolute atomic E-state index is 0.829. The van der Waals surface area contributed by atoms with Crippen molar-refractivity contribution in [2.75, 3.05) is 6.54 Å². The van der Waals surface area contributed by atoms with Crippen molar-refractivity contribution in [2.24, 2.45) is 23.7 Å². The van der Waals surface area contributed by atoms with Gasteiger partial charge < -0.3 is 5.32 Å². The SMILES string of the molecule is CCNC(C1CCC(C)CC1)C1CCC(C)CC1. The van der Waals surface area contributed by atoms with Crippen molar-refractivity contribution in [3.63, 3.8) is 0 Å². The zero-order chi connectivity index (χ0) is 13.0. The van der Waals surface area contributed by atoms with Gasteiger partial charge in [0.05, 0.1) is 0 Å². The van der Waals surface area contributed by atoms with Gasteiger partial charge in [0, 0.05) is 6.04 Å². The monoisotopic (exact) mass is 251 g/mol. The van der Waals surface area contributed by atoms with Crippen LogP contribution in [0.3, 0.4) is 0 Å². The van der Waals surface area contributed by atoms with Crippen molar-refractivity contribution in [2.45, 2.75) is 78.2 Å². The van der Waals surface area contributed by atoms with E-state index < -0.39 is 0 Å². The van der Waals surface area contributed by atoms with Crippen LogP contribution in [0.4, 0.5) is 0 Å². The average molecular weight is 251 g/mol. The quantitative estimate of drug-likeness (QED) is 0.769. The van der Waals surface area contributed by atoms with Gasteiger partial charge in [0.2, 0.25) is 0 Å². The topological polar surface area (TPSA) is 12.0 Å². The molecule has 0 amide bonds. The molecule has 0 unspecified atom stereocenters. The Morgan fingerprint density at radius 2 is 1.17 bits per heavy atom. The summed E-state index contributed by atoms with van der Waals surface area (Å²) in [5.41, 5.74) is 0. The van der Waals surface area contributed by atoms with Gasteiger partial charge in [-0.15, -0.1) is 0 Å². The molecular formula is C17H33N. The third-order valence-corrected chi connectivity index (χ3v) is 5.58. The Morgan fingerprint density at radius 3 is 1.50 bits per heavy atom. The second-order valence-electron chi connectivity index (χ2n) is 7.12. The number of hydrogen-bond donors (Lipinski definition) is 1. The molecule has 0 aromatic rings. The van der Waals surface area contributed by atoms with Crippen LogP contribution in [0.2, 0.25) is 0 Å². The van der Waals surface area contributed by atoms with Crippen LogP contribution in [0, 0.1) is 23.7 Å². The van der Waals surface area contributed by atoms with Crippen LogP contribution >= 0.6 is 0 Å². The molecule has 0 bridgehead atoms. The lowest BCUT2D eigenvalue weighted by atomic mass is 9.70. The van der Waals surface area contributed by atoms with Crippen LogP contribution in [-0.4, -0.2) is 12.6 Å². The molecule has 1 heteroatoms. The van der Waals surface area contributed by atoms with Crippen molar-refractivity contribution in [1.82, 2.24) is 5.32 Å². The molecule has 0 aromatic heterocycles. The van der Waals surface area contributed by atoms with Gasteiger partial charge in [-0.25, -0.2) is 0 Å². The van der Waals surface area contributed by atoms with E-state index in [2.05, 4.69) is 26.1 Å². The lowest BCUT2D eigenvalue weighted by Gasteiger charge is -2.40. The zero-order valence-corrected chi connectivity index (χ0v) is 12.8. The second kappa shape index (κ2) is 6.93. The summed E-state index contributed by atoms with van der Waals surface area (Å²) < 4.78 is 0. The molecule has 0 aromatic carbocycles. The summed E-state index contributed by atoms with van der Waals surface area (Å²) in [7, 11) is 0. The Morgan fingerprint density at radius 1 is 0.778 bits per heavy atom. The summed E-state index contributed by atoms with van der Waals surface area (Å²) in [4.78, 5) is 0. The molecule has 0 aliphatic heterocycles. The van der Waals surface area contributed by atoms with Crippen LogP contribution in [-0.2, 0) is 0 Å². The van der Waals surface area contributed by atoms with E-state index in [0.29, 0.717) is 0 Å². The van der Waals surface area contributed by atoms with E-state index in [9.17, 15) is 0 Å². The second-order valence-corrected chi connectivity index (χ2v) is 7.12. The molecule has 1 N–H and O–H groups in total. The first kappa shape index (κ1) is 14.4. The van der Waals surface area contributed by atoms with Gasteiger partial charge in [-0.1, -0.05) is 46.5 Å². The van der Waals surface area contributed by atoms with E-state index in [1.165, 1.54) is 51.4 Å². The molecule has 1 nitrogen and oxygen atoms in total. The van der Waals surface area contributed by atoms with Crippen molar-refractivity contribution in [1.29, 1.82) is 0 Å². The molecule has 2 rings (SSSR count). The van der Waals surface area contributed by atoms with Gasteiger partial charge >= 0.3 is 0 Å². The molecule has 2 fully saturated rings. The van der Waals surface area contributed by atoms with E-state index in [1.807, 2.05) is 0 Å². The highest BCUT2D eigenvalue weighted by Gasteiger charge is 2.32. The predicted octanol–water partition coefficient (Wildman–Crippen LogP) is 4.62. The summed E-state index contributed by atoms with van der Waals surface area (Å²) >= 11 is 0. The summed E-state index contributed by atoms with van der Waals surface area (Å²) in [6, 6.07) is 0.829. The third-order valence-electron chi connectivity index (χ3n) is 5.58. The molecule has 0 spiro atoms. The molecule has 2 aliphatic carbocycles. The molecule has 2 aliphatic rings. The minimum atomic E-state index is 0.829. The van der Waals surface area contributed by atoms with Gasteiger partial charge in [0.25, 0.3) is 0 Å². The van der Waals surface area contributed by atoms with Crippen LogP contribution in [0.1, 0.15) is 72.1 Å². The van der Waals surface area contributed by atoms with Crippen LogP contribution in [0.25, 0.3) is 0 Å². The fourth-order valence-corrected chi connectivity index (χ4v) is 4.24. The standard InChI is InChI=1S/C17H33N/c1-4-18-17(15-9-5-13(2)6-10-15)16-11-7-14(3)8-12-16/h13-18H,4-12H2,1-3H3. The lowest BCUT2D eigenvalue weighted by molar-refractivity contribution is 0.145. The molecule has 106 valence electrons. The van der Waals surface area contributed by atoms with E-state index in [-0.39, 0.29) is 0 Å². The van der Waals surface area contributed by atoms with Crippen molar-refractivity contribution < 1.29 is 0 Å². The van der Waals surface area contributed by atoms with Crippen molar-refractivity contribution in [3.8, 4) is 0 Å². The van der Waals surface area contributed by atoms with Crippen molar-refractivity contribution in [3.05, 3.63) is 0 Å². The highest BCUT2D eigenvalue weighted by atomic mass is 14.9. The van der Waals surface area contributed by atoms with Gasteiger partial charge in [-0.05, 0) is 55.9 Å². The smallest absolute Gasteiger partial charge is 0.0123 e. The summed E-state index contributed by atoms with van der Waals surface area (Å²) in [5.74, 6) is 3.91. The average Bonchev–Trinajstić information content (AvgIpc) is 2.39. The van der Waals surface area contributed by atoms with E-state index in [0.717, 1.165) is 36.3 Å². The van der Waals surface area contributed by atoms with Gasteiger partial charge in [0.1, 0.15) is 0 Å². The molecule has 0 radical (unpaired) electrons. The van der Waals surface area contributed by atoms with E-state index >= 15 is 0 Å². The van der Waals surface area contributed by atoms with Crippen LogP contribution < -0.4 is 5.32 Å². The maximum Gasteiger partial charge on any atom is 0.0123 e. The van der Waals surface area contributed by atoms with E-state index in [1.54, 1.807) is 0 Å². The summed E-state index contributed by atoms with van der Waals surface area (Å²) in [5, 5.41) is 3.85. The zero-order valence-electron chi connectivity index (χ0n) is 12.8. The first-order valence-corrected chi connectivity index (χ1v) is 8.44. The fourth-order valence-electron chi connectivity index (χ4n) is 4.24. The molecule has 0 saturated heterocycles. The highest BCUT2D eigenvalue weighted by molar-refractivity contribution is 4.88. The summed E-state index contributed by atoms with van der Waals surface area (Å²) in [6.45, 7) is 8.30. The maximum absolute atomic E-state index is 3.85. The molecular weight excluding hydrogens is 218 g/mol. The lowest BCUT2D eigenvalue weighted by Crippen LogP contribution is -2.44. The number of rotatable bonds is 4. The highest BCUT2D eigenvalue weighted by Crippen LogP contribution is 2.38. The van der Waals surface area contributed by atoms with Crippen LogP contribution in [0.5, 0.6) is 0 Å². The molecule has 2 saturated carbocycles. The molecule has 0 atom stereocenters. The Hall–Kier alpha value is -0.0400. The Balaban J connectivity index is 1.90. The van der Waals surface area contributed by atoms with Gasteiger partial charge in [0.15, 0.2) is 0 Å². The third kappa shape index (κ3) is 3.73. The van der Waals surface area contributed by atoms with Gasteiger partial charge in [-0.3, -0.25) is 0 Å². The normalized spacial score (nSPS) is 39.5. The Kier molecular flexibility index (Phi) is 5.54. The molecule has 18 heavy (non-hydrogen) atoms. The predicted molar refractivity (Wildman–Crippen MR) is 79.7 cm³/mol. The van der Waals surface area contributed by atoms with E-state index in [4.69, 9.17) is 0 Å². The van der Waals surface area contributed by atoms with Crippen molar-refractivity contribution >= 4 is 0 Å². The Bertz CT molecular complexity index is 200. The Labute approximate surface area is 114 Å². The largest absolute Gasteiger partial charge is 0.314 e. The minimum Gasteiger partial charge on any atom is -0.314 e. The number of nitrogens with one attached hydrogen (secondary N) is 1. The van der Waals surface area contributed by atoms with Crippen LogP contribution in [0.15, 0.2) is 0 Å². The molecule has 0 heterocycles. The van der Waals surface area contributed by atoms with Gasteiger partial charge in [-0.2, -0.15) is 0 Å².